The Morgan fingerprint density at radius 3 is 2.72 bits per heavy atom. The van der Waals surface area contributed by atoms with Gasteiger partial charge in [-0.05, 0) is 19.4 Å². The van der Waals surface area contributed by atoms with E-state index >= 15 is 0 Å². The van der Waals surface area contributed by atoms with Gasteiger partial charge in [0.05, 0.1) is 0 Å². The molecule has 1 rings (SSSR count). The van der Waals surface area contributed by atoms with Crippen LogP contribution in [0.3, 0.4) is 0 Å². The van der Waals surface area contributed by atoms with E-state index in [1.807, 2.05) is 6.92 Å². The number of rotatable bonds is 6. The summed E-state index contributed by atoms with van der Waals surface area (Å²) in [5.74, 6) is -1.34. The largest absolute Gasteiger partial charge is 0.479 e. The zero-order chi connectivity index (χ0) is 13.7. The Bertz CT molecular complexity index is 421. The van der Waals surface area contributed by atoms with Crippen LogP contribution in [0.15, 0.2) is 18.2 Å². The number of halogens is 1. The third-order valence-corrected chi connectivity index (χ3v) is 2.56. The zero-order valence-corrected chi connectivity index (χ0v) is 10.5. The van der Waals surface area contributed by atoms with Crippen LogP contribution in [0.25, 0.3) is 0 Å². The summed E-state index contributed by atoms with van der Waals surface area (Å²) in [6.45, 7) is 3.59. The van der Waals surface area contributed by atoms with Crippen LogP contribution in [0.5, 0.6) is 5.75 Å². The Morgan fingerprint density at radius 1 is 1.56 bits per heavy atom. The standard InChI is InChI=1S/C13H18FNO3/c1-3-4-11(13(16)17)18-12-7-9(14)5-6-10(12)8(2)15/h5-8,11H,3-4,15H2,1-2H3,(H,16,17)/t8-,11?/m0/s1. The van der Waals surface area contributed by atoms with E-state index in [1.165, 1.54) is 18.2 Å². The van der Waals surface area contributed by atoms with E-state index in [9.17, 15) is 9.18 Å². The number of benzene rings is 1. The van der Waals surface area contributed by atoms with Gasteiger partial charge < -0.3 is 15.6 Å². The second-order valence-electron chi connectivity index (χ2n) is 4.20. The van der Waals surface area contributed by atoms with E-state index in [0.717, 1.165) is 0 Å². The highest BCUT2D eigenvalue weighted by Crippen LogP contribution is 2.26. The van der Waals surface area contributed by atoms with Crippen molar-refractivity contribution in [2.45, 2.75) is 38.8 Å². The first-order valence-electron chi connectivity index (χ1n) is 5.90. The maximum atomic E-state index is 13.2. The fourth-order valence-electron chi connectivity index (χ4n) is 1.63. The highest BCUT2D eigenvalue weighted by Gasteiger charge is 2.20. The first kappa shape index (κ1) is 14.4. The van der Waals surface area contributed by atoms with Crippen LogP contribution in [0, 0.1) is 5.82 Å². The maximum Gasteiger partial charge on any atom is 0.344 e. The third kappa shape index (κ3) is 3.70. The fraction of sp³-hybridized carbons (Fsp3) is 0.462. The molecule has 0 radical (unpaired) electrons. The number of aliphatic carboxylic acids is 1. The van der Waals surface area contributed by atoms with Gasteiger partial charge in [0.2, 0.25) is 0 Å². The second kappa shape index (κ2) is 6.35. The molecule has 4 nitrogen and oxygen atoms in total. The van der Waals surface area contributed by atoms with E-state index < -0.39 is 17.9 Å². The summed E-state index contributed by atoms with van der Waals surface area (Å²) in [5.41, 5.74) is 6.34. The summed E-state index contributed by atoms with van der Waals surface area (Å²) in [6.07, 6.45) is 0.0543. The van der Waals surface area contributed by atoms with Gasteiger partial charge in [-0.1, -0.05) is 19.4 Å². The van der Waals surface area contributed by atoms with E-state index in [4.69, 9.17) is 15.6 Å². The molecule has 0 fully saturated rings. The summed E-state index contributed by atoms with van der Waals surface area (Å²) in [4.78, 5) is 11.0. The van der Waals surface area contributed by atoms with Crippen molar-refractivity contribution in [3.8, 4) is 5.75 Å². The minimum atomic E-state index is -1.06. The molecule has 0 aliphatic heterocycles. The molecule has 0 saturated heterocycles. The van der Waals surface area contributed by atoms with Crippen LogP contribution in [-0.4, -0.2) is 17.2 Å². The van der Waals surface area contributed by atoms with Crippen LogP contribution < -0.4 is 10.5 Å². The van der Waals surface area contributed by atoms with Crippen molar-refractivity contribution in [1.29, 1.82) is 0 Å². The minimum Gasteiger partial charge on any atom is -0.479 e. The molecule has 0 amide bonds. The molecule has 3 N–H and O–H groups in total. The summed E-state index contributed by atoms with van der Waals surface area (Å²) < 4.78 is 18.5. The van der Waals surface area contributed by atoms with Crippen LogP contribution >= 0.6 is 0 Å². The maximum absolute atomic E-state index is 13.2. The average Bonchev–Trinajstić information content (AvgIpc) is 2.28. The van der Waals surface area contributed by atoms with Crippen molar-refractivity contribution in [1.82, 2.24) is 0 Å². The first-order valence-corrected chi connectivity index (χ1v) is 5.90. The number of carboxylic acid groups (broad SMARTS) is 1. The van der Waals surface area contributed by atoms with Crippen molar-refractivity contribution in [2.24, 2.45) is 5.73 Å². The second-order valence-corrected chi connectivity index (χ2v) is 4.20. The number of ether oxygens (including phenoxy) is 1. The molecule has 0 aliphatic carbocycles. The van der Waals surface area contributed by atoms with E-state index in [2.05, 4.69) is 0 Å². The number of hydrogen-bond acceptors (Lipinski definition) is 3. The van der Waals surface area contributed by atoms with Gasteiger partial charge in [-0.25, -0.2) is 9.18 Å². The van der Waals surface area contributed by atoms with Gasteiger partial charge >= 0.3 is 5.97 Å². The van der Waals surface area contributed by atoms with Gasteiger partial charge in [-0.15, -0.1) is 0 Å². The fourth-order valence-corrected chi connectivity index (χ4v) is 1.63. The predicted octanol–water partition coefficient (Wildman–Crippen LogP) is 2.48. The summed E-state index contributed by atoms with van der Waals surface area (Å²) in [5, 5.41) is 9.01. The lowest BCUT2D eigenvalue weighted by Crippen LogP contribution is -2.27. The smallest absolute Gasteiger partial charge is 0.344 e. The molecule has 0 bridgehead atoms. The molecule has 0 saturated carbocycles. The normalized spacial score (nSPS) is 14.0. The molecule has 2 atom stereocenters. The van der Waals surface area contributed by atoms with E-state index in [1.54, 1.807) is 6.92 Å². The molecule has 0 aromatic heterocycles. The third-order valence-electron chi connectivity index (χ3n) is 2.56. The first-order chi connectivity index (χ1) is 8.45. The van der Waals surface area contributed by atoms with Gasteiger partial charge in [0.25, 0.3) is 0 Å². The molecular formula is C13H18FNO3. The monoisotopic (exact) mass is 255 g/mol. The van der Waals surface area contributed by atoms with Gasteiger partial charge in [0.1, 0.15) is 11.6 Å². The Morgan fingerprint density at radius 2 is 2.22 bits per heavy atom. The van der Waals surface area contributed by atoms with Gasteiger partial charge in [0.15, 0.2) is 6.10 Å². The Kier molecular flexibility index (Phi) is 5.09. The molecule has 0 aliphatic rings. The molecule has 0 heterocycles. The quantitative estimate of drug-likeness (QED) is 0.819. The lowest BCUT2D eigenvalue weighted by atomic mass is 10.1. The molecule has 18 heavy (non-hydrogen) atoms. The Labute approximate surface area is 106 Å². The zero-order valence-electron chi connectivity index (χ0n) is 10.5. The number of carboxylic acids is 1. The number of hydrogen-bond donors (Lipinski definition) is 2. The topological polar surface area (TPSA) is 72.5 Å². The van der Waals surface area contributed by atoms with Gasteiger partial charge in [0, 0.05) is 17.7 Å². The van der Waals surface area contributed by atoms with E-state index in [0.29, 0.717) is 18.4 Å². The Balaban J connectivity index is 3.00. The molecular weight excluding hydrogens is 237 g/mol. The molecule has 100 valence electrons. The van der Waals surface area contributed by atoms with Crippen molar-refractivity contribution < 1.29 is 19.0 Å². The van der Waals surface area contributed by atoms with Crippen LogP contribution in [0.1, 0.15) is 38.3 Å². The highest BCUT2D eigenvalue weighted by atomic mass is 19.1. The average molecular weight is 255 g/mol. The van der Waals surface area contributed by atoms with Crippen molar-refractivity contribution in [3.05, 3.63) is 29.6 Å². The summed E-state index contributed by atoms with van der Waals surface area (Å²) >= 11 is 0. The van der Waals surface area contributed by atoms with Crippen molar-refractivity contribution >= 4 is 5.97 Å². The molecule has 5 heteroatoms. The van der Waals surface area contributed by atoms with Crippen LogP contribution in [0.4, 0.5) is 4.39 Å². The lowest BCUT2D eigenvalue weighted by molar-refractivity contribution is -0.145. The Hall–Kier alpha value is -1.62. The molecule has 1 aromatic carbocycles. The summed E-state index contributed by atoms with van der Waals surface area (Å²) in [6, 6.07) is 3.61. The van der Waals surface area contributed by atoms with Crippen molar-refractivity contribution in [2.75, 3.05) is 0 Å². The van der Waals surface area contributed by atoms with Crippen LogP contribution in [-0.2, 0) is 4.79 Å². The number of nitrogens with two attached hydrogens (primary N) is 1. The molecule has 1 aromatic rings. The molecule has 0 spiro atoms. The minimum absolute atomic E-state index is 0.200. The van der Waals surface area contributed by atoms with Gasteiger partial charge in [-0.2, -0.15) is 0 Å². The predicted molar refractivity (Wildman–Crippen MR) is 66.0 cm³/mol. The highest BCUT2D eigenvalue weighted by molar-refractivity contribution is 5.72. The summed E-state index contributed by atoms with van der Waals surface area (Å²) in [7, 11) is 0. The van der Waals surface area contributed by atoms with E-state index in [-0.39, 0.29) is 11.8 Å². The lowest BCUT2D eigenvalue weighted by Gasteiger charge is -2.18. The van der Waals surface area contributed by atoms with Crippen molar-refractivity contribution in [3.63, 3.8) is 0 Å². The molecule has 1 unspecified atom stereocenters. The SMILES string of the molecule is CCCC(Oc1cc(F)ccc1[C@H](C)N)C(=O)O. The van der Waals surface area contributed by atoms with Crippen LogP contribution in [0.2, 0.25) is 0 Å². The number of carbonyl (C=O) groups is 1. The van der Waals surface area contributed by atoms with Gasteiger partial charge in [-0.3, -0.25) is 0 Å².